The number of amides is 1. The normalized spacial score (nSPS) is 14.8. The average molecular weight is 450 g/mol. The summed E-state index contributed by atoms with van der Waals surface area (Å²) in [5, 5.41) is 4.04. The fourth-order valence-corrected chi connectivity index (χ4v) is 4.24. The first-order valence-corrected chi connectivity index (χ1v) is 8.63. The zero-order chi connectivity index (χ0) is 15.1. The Morgan fingerprint density at radius 3 is 2.57 bits per heavy atom. The summed E-state index contributed by atoms with van der Waals surface area (Å²) in [6.07, 6.45) is 0.380. The lowest BCUT2D eigenvalue weighted by Gasteiger charge is -2.16. The fraction of sp³-hybridized carbons (Fsp3) is 0.133. The van der Waals surface area contributed by atoms with E-state index in [4.69, 9.17) is 23.2 Å². The van der Waals surface area contributed by atoms with E-state index in [1.807, 2.05) is 24.3 Å². The monoisotopic (exact) mass is 447 g/mol. The summed E-state index contributed by atoms with van der Waals surface area (Å²) >= 11 is 19.7. The Kier molecular flexibility index (Phi) is 4.33. The van der Waals surface area contributed by atoms with Crippen LogP contribution in [0.2, 0.25) is 10.0 Å². The van der Waals surface area contributed by atoms with Gasteiger partial charge in [0.1, 0.15) is 0 Å². The van der Waals surface area contributed by atoms with Crippen LogP contribution in [-0.2, 0) is 11.2 Å². The van der Waals surface area contributed by atoms with E-state index in [0.717, 1.165) is 26.9 Å². The van der Waals surface area contributed by atoms with E-state index in [2.05, 4.69) is 37.2 Å². The minimum absolute atomic E-state index is 0.00942. The van der Waals surface area contributed by atoms with Crippen molar-refractivity contribution in [1.29, 1.82) is 0 Å². The van der Waals surface area contributed by atoms with Crippen molar-refractivity contribution in [2.75, 3.05) is 5.32 Å². The molecule has 2 aromatic rings. The van der Waals surface area contributed by atoms with Crippen molar-refractivity contribution in [3.05, 3.63) is 61.5 Å². The smallest absolute Gasteiger partial charge is 0.228 e. The molecule has 1 unspecified atom stereocenters. The van der Waals surface area contributed by atoms with Gasteiger partial charge in [-0.2, -0.15) is 0 Å². The van der Waals surface area contributed by atoms with Crippen molar-refractivity contribution < 1.29 is 4.79 Å². The second-order valence-corrected chi connectivity index (χ2v) is 7.43. The van der Waals surface area contributed by atoms with Gasteiger partial charge in [-0.3, -0.25) is 4.79 Å². The predicted octanol–water partition coefficient (Wildman–Crippen LogP) is 5.73. The van der Waals surface area contributed by atoms with E-state index in [0.29, 0.717) is 16.5 Å². The van der Waals surface area contributed by atoms with E-state index in [-0.39, 0.29) is 10.7 Å². The number of carbonyl (C=O) groups excluding carboxylic acids is 1. The number of anilines is 1. The zero-order valence-electron chi connectivity index (χ0n) is 10.6. The minimum atomic E-state index is -0.143. The molecular formula is C15H9Br2Cl2NO. The van der Waals surface area contributed by atoms with Crippen molar-refractivity contribution >= 4 is 66.7 Å². The first kappa shape index (κ1) is 15.3. The number of nitrogens with one attached hydrogen (secondary N) is 1. The number of fused-ring (bicyclic) bond motifs is 1. The molecule has 0 bridgehead atoms. The van der Waals surface area contributed by atoms with Gasteiger partial charge < -0.3 is 5.32 Å². The Balaban J connectivity index is 2.06. The van der Waals surface area contributed by atoms with Crippen LogP contribution < -0.4 is 5.32 Å². The highest BCUT2D eigenvalue weighted by Crippen LogP contribution is 2.42. The van der Waals surface area contributed by atoms with Crippen molar-refractivity contribution in [1.82, 2.24) is 0 Å². The number of halogens is 4. The first-order valence-electron chi connectivity index (χ1n) is 6.17. The van der Waals surface area contributed by atoms with E-state index in [1.165, 1.54) is 0 Å². The molecule has 0 spiro atoms. The Morgan fingerprint density at radius 1 is 1.10 bits per heavy atom. The van der Waals surface area contributed by atoms with Crippen LogP contribution in [0.15, 0.2) is 34.8 Å². The van der Waals surface area contributed by atoms with E-state index >= 15 is 0 Å². The number of carbonyl (C=O) groups is 1. The molecule has 0 aromatic heterocycles. The standard InChI is InChI=1S/C15H9Br2Cl2NO/c16-8-1-2-11(18)10(5-8)15(17)9-3-7-4-14(21)20-13(7)6-12(9)19/h1-3,5-6,15H,4H2,(H,20,21). The van der Waals surface area contributed by atoms with Crippen molar-refractivity contribution in [2.24, 2.45) is 0 Å². The second-order valence-electron chi connectivity index (χ2n) is 4.78. The second kappa shape index (κ2) is 5.92. The molecule has 6 heteroatoms. The van der Waals surface area contributed by atoms with Crippen molar-refractivity contribution in [3.8, 4) is 0 Å². The van der Waals surface area contributed by atoms with E-state index < -0.39 is 0 Å². The third-order valence-corrected chi connectivity index (χ3v) is 5.50. The lowest BCUT2D eigenvalue weighted by atomic mass is 10.0. The van der Waals surface area contributed by atoms with Crippen LogP contribution in [-0.4, -0.2) is 5.91 Å². The molecule has 0 radical (unpaired) electrons. The minimum Gasteiger partial charge on any atom is -0.325 e. The molecule has 1 N–H and O–H groups in total. The largest absolute Gasteiger partial charge is 0.325 e. The van der Waals surface area contributed by atoms with Crippen LogP contribution in [0.25, 0.3) is 0 Å². The van der Waals surface area contributed by atoms with Crippen molar-refractivity contribution in [2.45, 2.75) is 11.2 Å². The topological polar surface area (TPSA) is 29.1 Å². The van der Waals surface area contributed by atoms with Gasteiger partial charge in [0, 0.05) is 20.2 Å². The number of rotatable bonds is 2. The Labute approximate surface area is 149 Å². The highest BCUT2D eigenvalue weighted by Gasteiger charge is 2.23. The van der Waals surface area contributed by atoms with E-state index in [1.54, 1.807) is 6.07 Å². The summed E-state index contributed by atoms with van der Waals surface area (Å²) < 4.78 is 0.945. The highest BCUT2D eigenvalue weighted by molar-refractivity contribution is 9.10. The van der Waals surface area contributed by atoms with Gasteiger partial charge in [-0.1, -0.05) is 61.1 Å². The molecular weight excluding hydrogens is 441 g/mol. The summed E-state index contributed by atoms with van der Waals surface area (Å²) in [6.45, 7) is 0. The third kappa shape index (κ3) is 3.00. The molecule has 0 aliphatic carbocycles. The molecule has 1 amide bonds. The quantitative estimate of drug-likeness (QED) is 0.582. The molecule has 2 nitrogen and oxygen atoms in total. The van der Waals surface area contributed by atoms with Crippen LogP contribution in [0.5, 0.6) is 0 Å². The van der Waals surface area contributed by atoms with Crippen LogP contribution in [0.3, 0.4) is 0 Å². The average Bonchev–Trinajstić information content (AvgIpc) is 2.79. The van der Waals surface area contributed by atoms with Gasteiger partial charge in [-0.15, -0.1) is 0 Å². The fourth-order valence-electron chi connectivity index (χ4n) is 2.34. The summed E-state index contributed by atoms with van der Waals surface area (Å²) in [4.78, 5) is 11.3. The zero-order valence-corrected chi connectivity index (χ0v) is 15.3. The molecule has 1 aliphatic rings. The van der Waals surface area contributed by atoms with Gasteiger partial charge >= 0.3 is 0 Å². The molecule has 0 saturated heterocycles. The molecule has 1 atom stereocenters. The summed E-state index contributed by atoms with van der Waals surface area (Å²) in [5.41, 5.74) is 3.56. The maximum Gasteiger partial charge on any atom is 0.228 e. The van der Waals surface area contributed by atoms with Gasteiger partial charge in [-0.05, 0) is 41.0 Å². The van der Waals surface area contributed by atoms with Gasteiger partial charge in [0.25, 0.3) is 0 Å². The highest BCUT2D eigenvalue weighted by atomic mass is 79.9. The van der Waals surface area contributed by atoms with Gasteiger partial charge in [0.05, 0.1) is 11.2 Å². The molecule has 1 aliphatic heterocycles. The molecule has 3 rings (SSSR count). The number of benzene rings is 2. The molecule has 1 heterocycles. The Bertz CT molecular complexity index is 749. The number of alkyl halides is 1. The maximum absolute atomic E-state index is 11.5. The molecule has 2 aromatic carbocycles. The Hall–Kier alpha value is -0.550. The molecule has 108 valence electrons. The van der Waals surface area contributed by atoms with Crippen molar-refractivity contribution in [3.63, 3.8) is 0 Å². The van der Waals surface area contributed by atoms with Gasteiger partial charge in [0.2, 0.25) is 5.91 Å². The molecule has 0 saturated carbocycles. The lowest BCUT2D eigenvalue weighted by Crippen LogP contribution is -2.03. The van der Waals surface area contributed by atoms with Gasteiger partial charge in [0.15, 0.2) is 0 Å². The van der Waals surface area contributed by atoms with E-state index in [9.17, 15) is 4.79 Å². The Morgan fingerprint density at radius 2 is 1.81 bits per heavy atom. The van der Waals surface area contributed by atoms with Crippen LogP contribution in [0, 0.1) is 0 Å². The van der Waals surface area contributed by atoms with Gasteiger partial charge in [-0.25, -0.2) is 0 Å². The summed E-state index contributed by atoms with van der Waals surface area (Å²) in [6, 6.07) is 9.41. The van der Waals surface area contributed by atoms with Crippen LogP contribution >= 0.6 is 55.1 Å². The number of hydrogen-bond acceptors (Lipinski definition) is 1. The SMILES string of the molecule is O=C1Cc2cc(C(Br)c3cc(Br)ccc3Cl)c(Cl)cc2N1. The third-order valence-electron chi connectivity index (χ3n) is 3.35. The summed E-state index contributed by atoms with van der Waals surface area (Å²) in [7, 11) is 0. The van der Waals surface area contributed by atoms with Crippen LogP contribution in [0.1, 0.15) is 21.5 Å². The first-order chi connectivity index (χ1) is 9.95. The molecule has 21 heavy (non-hydrogen) atoms. The maximum atomic E-state index is 11.5. The summed E-state index contributed by atoms with van der Waals surface area (Å²) in [5.74, 6) is -0.00942. The molecule has 0 fully saturated rings. The predicted molar refractivity (Wildman–Crippen MR) is 93.7 cm³/mol. The van der Waals surface area contributed by atoms with Crippen LogP contribution in [0.4, 0.5) is 5.69 Å². The lowest BCUT2D eigenvalue weighted by molar-refractivity contribution is -0.115. The number of hydrogen-bond donors (Lipinski definition) is 1.